The van der Waals surface area contributed by atoms with Gasteiger partial charge in [0.1, 0.15) is 21.7 Å². The van der Waals surface area contributed by atoms with E-state index in [1.54, 1.807) is 44.4 Å². The summed E-state index contributed by atoms with van der Waals surface area (Å²) < 4.78 is 44.8. The Labute approximate surface area is 222 Å². The number of thiazole rings is 1. The summed E-state index contributed by atoms with van der Waals surface area (Å²) >= 11 is 1.34. The molecule has 0 N–H and O–H groups in total. The van der Waals surface area contributed by atoms with Crippen molar-refractivity contribution in [1.29, 1.82) is 0 Å². The number of amides is 1. The van der Waals surface area contributed by atoms with Crippen LogP contribution in [0.4, 0.5) is 5.13 Å². The number of aromatic nitrogens is 1. The monoisotopic (exact) mass is 547 g/mol. The highest BCUT2D eigenvalue weighted by molar-refractivity contribution is 7.89. The van der Waals surface area contributed by atoms with Crippen LogP contribution < -0.4 is 14.4 Å². The van der Waals surface area contributed by atoms with Crippen molar-refractivity contribution in [3.05, 3.63) is 42.0 Å². The number of nitrogens with zero attached hydrogens (tertiary/aromatic N) is 3. The predicted molar refractivity (Wildman–Crippen MR) is 145 cm³/mol. The molecule has 3 aromatic rings. The molecule has 1 saturated heterocycles. The first kappa shape index (κ1) is 27.3. The molecule has 1 fully saturated rings. The number of ether oxygens (including phenoxy) is 3. The topological polar surface area (TPSA) is 98.3 Å². The lowest BCUT2D eigenvalue weighted by Gasteiger charge is -2.23. The second-order valence-corrected chi connectivity index (χ2v) is 11.9. The molecule has 0 saturated carbocycles. The van der Waals surface area contributed by atoms with Gasteiger partial charge in [0.05, 0.1) is 31.8 Å². The van der Waals surface area contributed by atoms with E-state index in [2.05, 4.69) is 0 Å². The number of methoxy groups -OCH3 is 2. The molecule has 37 heavy (non-hydrogen) atoms. The lowest BCUT2D eigenvalue weighted by Crippen LogP contribution is -2.37. The van der Waals surface area contributed by atoms with Crippen molar-refractivity contribution in [2.24, 2.45) is 0 Å². The van der Waals surface area contributed by atoms with Crippen LogP contribution in [0.25, 0.3) is 10.2 Å². The Morgan fingerprint density at radius 3 is 2.46 bits per heavy atom. The van der Waals surface area contributed by atoms with Gasteiger partial charge < -0.3 is 14.2 Å². The number of unbranched alkanes of at least 4 members (excludes halogenated alkanes) is 1. The normalized spacial score (nSPS) is 15.9. The molecule has 1 aliphatic rings. The molecule has 1 aliphatic heterocycles. The molecule has 1 atom stereocenters. The van der Waals surface area contributed by atoms with Crippen LogP contribution in [0.1, 0.15) is 43.0 Å². The average molecular weight is 548 g/mol. The molecule has 1 amide bonds. The minimum absolute atomic E-state index is 0.105. The molecular weight excluding hydrogens is 514 g/mol. The van der Waals surface area contributed by atoms with Gasteiger partial charge in [-0.15, -0.1) is 0 Å². The second-order valence-electron chi connectivity index (χ2n) is 8.90. The fraction of sp³-hybridized carbons (Fsp3) is 0.462. The Hall–Kier alpha value is -2.73. The number of anilines is 1. The molecule has 2 heterocycles. The SMILES string of the molecule is CCCCN(C)S(=O)(=O)c1ccc(C(=O)N(CC2CCCO2)c2nc3c(OC)ccc(OC)c3s2)cc1. The Balaban J connectivity index is 1.68. The third-order valence-corrected chi connectivity index (χ3v) is 9.39. The summed E-state index contributed by atoms with van der Waals surface area (Å²) in [6.07, 6.45) is 3.36. The van der Waals surface area contributed by atoms with Crippen molar-refractivity contribution in [1.82, 2.24) is 9.29 Å². The van der Waals surface area contributed by atoms with Crippen LogP contribution in [-0.2, 0) is 14.8 Å². The van der Waals surface area contributed by atoms with Gasteiger partial charge in [-0.1, -0.05) is 24.7 Å². The summed E-state index contributed by atoms with van der Waals surface area (Å²) in [7, 11) is 1.11. The third-order valence-electron chi connectivity index (χ3n) is 6.42. The number of sulfonamides is 1. The summed E-state index contributed by atoms with van der Waals surface area (Å²) in [6, 6.07) is 9.68. The number of rotatable bonds is 11. The number of hydrogen-bond acceptors (Lipinski definition) is 8. The Kier molecular flexibility index (Phi) is 8.68. The fourth-order valence-electron chi connectivity index (χ4n) is 4.24. The van der Waals surface area contributed by atoms with E-state index in [0.29, 0.717) is 47.4 Å². The van der Waals surface area contributed by atoms with Gasteiger partial charge in [-0.05, 0) is 55.7 Å². The van der Waals surface area contributed by atoms with Crippen molar-refractivity contribution in [3.63, 3.8) is 0 Å². The van der Waals surface area contributed by atoms with E-state index in [0.717, 1.165) is 30.4 Å². The molecule has 1 unspecified atom stereocenters. The fourth-order valence-corrected chi connectivity index (χ4v) is 6.53. The number of carbonyl (C=O) groups is 1. The molecule has 9 nitrogen and oxygen atoms in total. The Bertz CT molecular complexity index is 1290. The maximum absolute atomic E-state index is 13.8. The van der Waals surface area contributed by atoms with Gasteiger partial charge in [0.25, 0.3) is 5.91 Å². The summed E-state index contributed by atoms with van der Waals surface area (Å²) in [4.78, 5) is 20.3. The minimum atomic E-state index is -3.63. The number of carbonyl (C=O) groups excluding carboxylic acids is 1. The number of hydrogen-bond donors (Lipinski definition) is 0. The first-order chi connectivity index (χ1) is 17.8. The van der Waals surface area contributed by atoms with E-state index in [9.17, 15) is 13.2 Å². The highest BCUT2D eigenvalue weighted by Crippen LogP contribution is 2.40. The summed E-state index contributed by atoms with van der Waals surface area (Å²) in [5.74, 6) is 0.950. The smallest absolute Gasteiger partial charge is 0.260 e. The van der Waals surface area contributed by atoms with E-state index < -0.39 is 10.0 Å². The lowest BCUT2D eigenvalue weighted by molar-refractivity contribution is 0.0917. The highest BCUT2D eigenvalue weighted by atomic mass is 32.2. The number of fused-ring (bicyclic) bond motifs is 1. The van der Waals surface area contributed by atoms with Crippen molar-refractivity contribution < 1.29 is 27.4 Å². The van der Waals surface area contributed by atoms with Gasteiger partial charge in [0.15, 0.2) is 5.13 Å². The van der Waals surface area contributed by atoms with Crippen molar-refractivity contribution >= 4 is 42.6 Å². The van der Waals surface area contributed by atoms with Gasteiger partial charge in [-0.2, -0.15) is 0 Å². The lowest BCUT2D eigenvalue weighted by atomic mass is 10.2. The molecule has 2 aromatic carbocycles. The molecular formula is C26H33N3O6S2. The van der Waals surface area contributed by atoms with E-state index in [1.165, 1.54) is 27.8 Å². The van der Waals surface area contributed by atoms with E-state index in [4.69, 9.17) is 19.2 Å². The van der Waals surface area contributed by atoms with Crippen LogP contribution in [0.15, 0.2) is 41.3 Å². The van der Waals surface area contributed by atoms with Crippen LogP contribution in [-0.4, -0.2) is 70.7 Å². The first-order valence-corrected chi connectivity index (χ1v) is 14.6. The van der Waals surface area contributed by atoms with Gasteiger partial charge >= 0.3 is 0 Å². The highest BCUT2D eigenvalue weighted by Gasteiger charge is 2.29. The van der Waals surface area contributed by atoms with Crippen LogP contribution in [0, 0.1) is 0 Å². The molecule has 0 spiro atoms. The zero-order valence-electron chi connectivity index (χ0n) is 21.6. The van der Waals surface area contributed by atoms with Crippen molar-refractivity contribution in [2.45, 2.75) is 43.6 Å². The zero-order valence-corrected chi connectivity index (χ0v) is 23.2. The number of benzene rings is 2. The van der Waals surface area contributed by atoms with Crippen LogP contribution in [0.5, 0.6) is 11.5 Å². The van der Waals surface area contributed by atoms with Gasteiger partial charge in [0, 0.05) is 25.8 Å². The molecule has 11 heteroatoms. The summed E-state index contributed by atoms with van der Waals surface area (Å²) in [6.45, 7) is 3.45. The maximum Gasteiger partial charge on any atom is 0.260 e. The van der Waals surface area contributed by atoms with Gasteiger partial charge in [-0.3, -0.25) is 9.69 Å². The third kappa shape index (κ3) is 5.74. The largest absolute Gasteiger partial charge is 0.495 e. The molecule has 1 aromatic heterocycles. The van der Waals surface area contributed by atoms with Crippen LogP contribution in [0.2, 0.25) is 0 Å². The molecule has 0 bridgehead atoms. The van der Waals surface area contributed by atoms with Crippen molar-refractivity contribution in [3.8, 4) is 11.5 Å². The predicted octanol–water partition coefficient (Wildman–Crippen LogP) is 4.56. The Morgan fingerprint density at radius 2 is 1.84 bits per heavy atom. The maximum atomic E-state index is 13.8. The average Bonchev–Trinajstić information content (AvgIpc) is 3.59. The quantitative estimate of drug-likeness (QED) is 0.347. The van der Waals surface area contributed by atoms with Crippen LogP contribution in [0.3, 0.4) is 0 Å². The first-order valence-electron chi connectivity index (χ1n) is 12.3. The van der Waals surface area contributed by atoms with Crippen LogP contribution >= 0.6 is 11.3 Å². The standard InChI is InChI=1S/C26H33N3O6S2/c1-5-6-15-28(2)37(31,32)20-11-9-18(10-12-20)25(30)29(17-19-8-7-16-35-19)26-27-23-21(33-3)13-14-22(34-4)24(23)36-26/h9-14,19H,5-8,15-17H2,1-4H3. The van der Waals surface area contributed by atoms with E-state index in [1.807, 2.05) is 13.0 Å². The van der Waals surface area contributed by atoms with E-state index in [-0.39, 0.29) is 16.9 Å². The molecule has 0 aliphatic carbocycles. The summed E-state index contributed by atoms with van der Waals surface area (Å²) in [5.41, 5.74) is 0.981. The Morgan fingerprint density at radius 1 is 1.14 bits per heavy atom. The van der Waals surface area contributed by atoms with E-state index >= 15 is 0 Å². The minimum Gasteiger partial charge on any atom is -0.495 e. The summed E-state index contributed by atoms with van der Waals surface area (Å²) in [5, 5.41) is 0.495. The molecule has 4 rings (SSSR count). The van der Waals surface area contributed by atoms with Gasteiger partial charge in [-0.25, -0.2) is 17.7 Å². The molecule has 200 valence electrons. The van der Waals surface area contributed by atoms with Gasteiger partial charge in [0.2, 0.25) is 10.0 Å². The molecule has 0 radical (unpaired) electrons. The zero-order chi connectivity index (χ0) is 26.6. The second kappa shape index (κ2) is 11.8. The van der Waals surface area contributed by atoms with Crippen molar-refractivity contribution in [2.75, 3.05) is 45.9 Å².